The predicted molar refractivity (Wildman–Crippen MR) is 241 cm³/mol. The molecule has 0 N–H and O–H groups in total. The molecule has 1 nitrogen and oxygen atoms in total. The highest BCUT2D eigenvalue weighted by Gasteiger charge is 2.20. The number of benzene rings is 9. The van der Waals surface area contributed by atoms with Gasteiger partial charge in [0.05, 0.1) is 5.69 Å². The number of nitrogens with zero attached hydrogens (tertiary/aromatic N) is 1. The molecule has 11 rings (SSSR count). The van der Waals surface area contributed by atoms with E-state index in [4.69, 9.17) is 0 Å². The van der Waals surface area contributed by atoms with E-state index in [1.807, 2.05) is 22.7 Å². The van der Waals surface area contributed by atoms with Crippen molar-refractivity contribution in [3.8, 4) is 33.4 Å². The van der Waals surface area contributed by atoms with Gasteiger partial charge in [-0.3, -0.25) is 0 Å². The van der Waals surface area contributed by atoms with Crippen molar-refractivity contribution in [2.75, 3.05) is 4.90 Å². The summed E-state index contributed by atoms with van der Waals surface area (Å²) in [5.41, 5.74) is 10.7. The molecule has 2 heterocycles. The summed E-state index contributed by atoms with van der Waals surface area (Å²) in [6.45, 7) is 0. The number of hydrogen-bond donors (Lipinski definition) is 0. The maximum atomic E-state index is 2.43. The van der Waals surface area contributed by atoms with Gasteiger partial charge in [-0.1, -0.05) is 152 Å². The van der Waals surface area contributed by atoms with Crippen LogP contribution in [-0.2, 0) is 0 Å². The molecule has 0 unspecified atom stereocenters. The van der Waals surface area contributed by atoms with E-state index in [0.29, 0.717) is 0 Å². The van der Waals surface area contributed by atoms with E-state index in [1.54, 1.807) is 0 Å². The monoisotopic (exact) mass is 735 g/mol. The Morgan fingerprint density at radius 3 is 1.76 bits per heavy atom. The van der Waals surface area contributed by atoms with Crippen LogP contribution >= 0.6 is 22.7 Å². The number of fused-ring (bicyclic) bond motifs is 7. The van der Waals surface area contributed by atoms with Crippen LogP contribution in [-0.4, -0.2) is 0 Å². The maximum Gasteiger partial charge on any atom is 0.0540 e. The molecule has 0 bridgehead atoms. The van der Waals surface area contributed by atoms with Crippen LogP contribution < -0.4 is 4.90 Å². The normalized spacial score (nSPS) is 11.6. The van der Waals surface area contributed by atoms with Gasteiger partial charge in [0, 0.05) is 57.3 Å². The molecule has 0 atom stereocenters. The minimum atomic E-state index is 1.11. The van der Waals surface area contributed by atoms with Crippen LogP contribution in [0.5, 0.6) is 0 Å². The van der Waals surface area contributed by atoms with Crippen LogP contribution in [0.2, 0.25) is 0 Å². The molecule has 0 amide bonds. The fourth-order valence-electron chi connectivity index (χ4n) is 8.28. The summed E-state index contributed by atoms with van der Waals surface area (Å²) in [5.74, 6) is 0. The Hall–Kier alpha value is -6.52. The van der Waals surface area contributed by atoms with Gasteiger partial charge in [-0.05, 0) is 87.1 Å². The Morgan fingerprint density at radius 2 is 0.891 bits per heavy atom. The van der Waals surface area contributed by atoms with Crippen molar-refractivity contribution in [2.45, 2.75) is 0 Å². The first-order valence-electron chi connectivity index (χ1n) is 18.7. The second kappa shape index (κ2) is 13.1. The summed E-state index contributed by atoms with van der Waals surface area (Å²) in [7, 11) is 0. The lowest BCUT2D eigenvalue weighted by Crippen LogP contribution is -2.11. The Balaban J connectivity index is 1.08. The SMILES string of the molecule is c1cc(-c2ccc3c(c2)sc2ccccc23)cc(N(c2ccc(-c3cccc4c3sc3ccccc34)cc2)c2ccccc2-c2cccc3ccccc23)c1. The van der Waals surface area contributed by atoms with Gasteiger partial charge in [0.2, 0.25) is 0 Å². The second-order valence-corrected chi connectivity index (χ2v) is 16.2. The van der Waals surface area contributed by atoms with Gasteiger partial charge >= 0.3 is 0 Å². The molecule has 55 heavy (non-hydrogen) atoms. The Labute approximate surface area is 327 Å². The van der Waals surface area contributed by atoms with Gasteiger partial charge in [-0.25, -0.2) is 0 Å². The number of hydrogen-bond acceptors (Lipinski definition) is 3. The molecular weight excluding hydrogens is 703 g/mol. The zero-order chi connectivity index (χ0) is 36.3. The van der Waals surface area contributed by atoms with Gasteiger partial charge in [-0.2, -0.15) is 0 Å². The summed E-state index contributed by atoms with van der Waals surface area (Å²) in [4.78, 5) is 2.43. The molecule has 0 spiro atoms. The number of para-hydroxylation sites is 1. The lowest BCUT2D eigenvalue weighted by atomic mass is 9.95. The smallest absolute Gasteiger partial charge is 0.0540 e. The third-order valence-electron chi connectivity index (χ3n) is 10.9. The Bertz CT molecular complexity index is 3220. The summed E-state index contributed by atoms with van der Waals surface area (Å²) < 4.78 is 5.29. The van der Waals surface area contributed by atoms with Crippen molar-refractivity contribution < 1.29 is 0 Å². The van der Waals surface area contributed by atoms with Gasteiger partial charge in [0.25, 0.3) is 0 Å². The molecule has 0 saturated carbocycles. The lowest BCUT2D eigenvalue weighted by molar-refractivity contribution is 1.28. The molecule has 3 heteroatoms. The molecule has 11 aromatic rings. The largest absolute Gasteiger partial charge is 0.310 e. The van der Waals surface area contributed by atoms with Crippen molar-refractivity contribution in [3.63, 3.8) is 0 Å². The maximum absolute atomic E-state index is 2.43. The number of rotatable bonds is 6. The van der Waals surface area contributed by atoms with Gasteiger partial charge < -0.3 is 4.90 Å². The molecule has 258 valence electrons. The first-order valence-corrected chi connectivity index (χ1v) is 20.3. The molecule has 0 aliphatic heterocycles. The predicted octanol–water partition coefficient (Wildman–Crippen LogP) is 16.0. The van der Waals surface area contributed by atoms with Crippen molar-refractivity contribution >= 4 is 90.9 Å². The summed E-state index contributed by atoms with van der Waals surface area (Å²) in [6.07, 6.45) is 0. The summed E-state index contributed by atoms with van der Waals surface area (Å²) in [5, 5.41) is 7.76. The van der Waals surface area contributed by atoms with Crippen molar-refractivity contribution in [2.24, 2.45) is 0 Å². The average Bonchev–Trinajstić information content (AvgIpc) is 3.82. The van der Waals surface area contributed by atoms with Gasteiger partial charge in [0.1, 0.15) is 0 Å². The molecule has 0 fully saturated rings. The highest BCUT2D eigenvalue weighted by atomic mass is 32.1. The van der Waals surface area contributed by atoms with Gasteiger partial charge in [-0.15, -0.1) is 22.7 Å². The number of anilines is 3. The van der Waals surface area contributed by atoms with Crippen LogP contribution in [0, 0.1) is 0 Å². The molecule has 2 aromatic heterocycles. The van der Waals surface area contributed by atoms with E-state index in [2.05, 4.69) is 205 Å². The fraction of sp³-hybridized carbons (Fsp3) is 0. The van der Waals surface area contributed by atoms with Crippen LogP contribution in [0.1, 0.15) is 0 Å². The van der Waals surface area contributed by atoms with E-state index in [1.165, 1.54) is 84.5 Å². The molecule has 9 aromatic carbocycles. The average molecular weight is 736 g/mol. The van der Waals surface area contributed by atoms with Crippen LogP contribution in [0.4, 0.5) is 17.1 Å². The second-order valence-electron chi connectivity index (χ2n) is 14.1. The fourth-order valence-corrected chi connectivity index (χ4v) is 10.7. The van der Waals surface area contributed by atoms with E-state index in [9.17, 15) is 0 Å². The Morgan fingerprint density at radius 1 is 0.309 bits per heavy atom. The Kier molecular flexibility index (Phi) is 7.61. The van der Waals surface area contributed by atoms with Crippen molar-refractivity contribution in [3.05, 3.63) is 200 Å². The summed E-state index contributed by atoms with van der Waals surface area (Å²) in [6, 6.07) is 73.4. The third kappa shape index (κ3) is 5.43. The van der Waals surface area contributed by atoms with E-state index < -0.39 is 0 Å². The topological polar surface area (TPSA) is 3.24 Å². The van der Waals surface area contributed by atoms with Crippen LogP contribution in [0.25, 0.3) is 84.5 Å². The number of thiophene rings is 2. The minimum absolute atomic E-state index is 1.11. The van der Waals surface area contributed by atoms with Crippen LogP contribution in [0.15, 0.2) is 200 Å². The minimum Gasteiger partial charge on any atom is -0.310 e. The molecule has 0 saturated heterocycles. The quantitative estimate of drug-likeness (QED) is 0.164. The standard InChI is InChI=1S/C52H33NS2/c1-2-16-40-34(12-1)13-10-21-42(40)43-17-3-6-23-48(43)53(38-29-26-35(27-30-38)41-20-11-22-47-45-19-5-8-25-50(45)55-52(41)47)39-15-9-14-36(32-39)37-28-31-46-44-18-4-7-24-49(44)54-51(46)33-37/h1-33H. The zero-order valence-electron chi connectivity index (χ0n) is 29.8. The molecule has 0 aliphatic rings. The zero-order valence-corrected chi connectivity index (χ0v) is 31.4. The van der Waals surface area contributed by atoms with Crippen molar-refractivity contribution in [1.82, 2.24) is 0 Å². The van der Waals surface area contributed by atoms with Gasteiger partial charge in [0.15, 0.2) is 0 Å². The van der Waals surface area contributed by atoms with E-state index in [-0.39, 0.29) is 0 Å². The van der Waals surface area contributed by atoms with E-state index >= 15 is 0 Å². The molecule has 0 radical (unpaired) electrons. The lowest BCUT2D eigenvalue weighted by Gasteiger charge is -2.29. The molecular formula is C52H33NS2. The third-order valence-corrected chi connectivity index (χ3v) is 13.2. The van der Waals surface area contributed by atoms with Crippen molar-refractivity contribution in [1.29, 1.82) is 0 Å². The first kappa shape index (κ1) is 32.0. The van der Waals surface area contributed by atoms with Crippen LogP contribution in [0.3, 0.4) is 0 Å². The summed E-state index contributed by atoms with van der Waals surface area (Å²) >= 11 is 3.75. The molecule has 0 aliphatic carbocycles. The van der Waals surface area contributed by atoms with E-state index in [0.717, 1.165) is 17.1 Å². The first-order chi connectivity index (χ1) is 27.3. The highest BCUT2D eigenvalue weighted by Crippen LogP contribution is 2.45. The highest BCUT2D eigenvalue weighted by molar-refractivity contribution is 7.26.